The highest BCUT2D eigenvalue weighted by Crippen LogP contribution is 2.04. The number of hydrogen-bond acceptors (Lipinski definition) is 4. The van der Waals surface area contributed by atoms with E-state index < -0.39 is 15.5 Å². The van der Waals surface area contributed by atoms with Crippen LogP contribution in [0.2, 0.25) is 0 Å². The van der Waals surface area contributed by atoms with Crippen molar-refractivity contribution in [2.75, 3.05) is 0 Å². The molecule has 1 amide bonds. The number of nitrogens with one attached hydrogen (secondary N) is 1. The Morgan fingerprint density at radius 1 is 1.47 bits per heavy atom. The first-order chi connectivity index (χ1) is 6.52. The first kappa shape index (κ1) is 14.3. The second-order valence-corrected chi connectivity index (χ2v) is 6.03. The van der Waals surface area contributed by atoms with Crippen molar-refractivity contribution in [2.45, 2.75) is 44.5 Å². The second-order valence-electron chi connectivity index (χ2n) is 4.39. The van der Waals surface area contributed by atoms with Crippen molar-refractivity contribution >= 4 is 16.0 Å². The molecule has 0 saturated carbocycles. The molecule has 0 aromatic heterocycles. The van der Waals surface area contributed by atoms with Gasteiger partial charge in [-0.1, -0.05) is 0 Å². The normalized spacial score (nSPS) is 14.7. The highest BCUT2D eigenvalue weighted by atomic mass is 32.2. The minimum absolute atomic E-state index is 0.0295. The van der Waals surface area contributed by atoms with Crippen LogP contribution >= 0.6 is 0 Å². The van der Waals surface area contributed by atoms with Gasteiger partial charge in [-0.3, -0.25) is 9.35 Å². The van der Waals surface area contributed by atoms with Gasteiger partial charge in [0.25, 0.3) is 10.1 Å². The molecule has 4 N–H and O–H groups in total. The second kappa shape index (κ2) is 4.91. The molecule has 0 aliphatic rings. The summed E-state index contributed by atoms with van der Waals surface area (Å²) in [5.41, 5.74) is 4.78. The van der Waals surface area contributed by atoms with Gasteiger partial charge in [0.2, 0.25) is 5.91 Å². The number of carbonyl (C=O) groups excluding carboxylic acids is 1. The number of amides is 1. The lowest BCUT2D eigenvalue weighted by molar-refractivity contribution is -0.122. The van der Waals surface area contributed by atoms with Crippen LogP contribution in [0.3, 0.4) is 0 Å². The van der Waals surface area contributed by atoms with Gasteiger partial charge in [-0.25, -0.2) is 0 Å². The lowest BCUT2D eigenvalue weighted by Gasteiger charge is -2.20. The Labute approximate surface area is 90.0 Å². The van der Waals surface area contributed by atoms with E-state index in [1.807, 2.05) is 20.8 Å². The molecule has 15 heavy (non-hydrogen) atoms. The van der Waals surface area contributed by atoms with Crippen molar-refractivity contribution in [3.05, 3.63) is 0 Å². The maximum absolute atomic E-state index is 11.2. The first-order valence-electron chi connectivity index (χ1n) is 4.55. The SMILES string of the molecule is CC(C)(C)NC(=O)CCC(N)S(=O)(=O)O. The van der Waals surface area contributed by atoms with Gasteiger partial charge in [-0.2, -0.15) is 8.42 Å². The summed E-state index contributed by atoms with van der Waals surface area (Å²) < 4.78 is 29.6. The van der Waals surface area contributed by atoms with Gasteiger partial charge in [0.1, 0.15) is 5.37 Å². The number of nitrogens with two attached hydrogens (primary N) is 1. The van der Waals surface area contributed by atoms with Gasteiger partial charge in [0.05, 0.1) is 0 Å². The highest BCUT2D eigenvalue weighted by molar-refractivity contribution is 7.86. The molecule has 0 fully saturated rings. The van der Waals surface area contributed by atoms with Crippen LogP contribution in [0.4, 0.5) is 0 Å². The Hall–Kier alpha value is -0.660. The molecule has 6 nitrogen and oxygen atoms in total. The van der Waals surface area contributed by atoms with Gasteiger partial charge < -0.3 is 11.1 Å². The number of rotatable bonds is 4. The van der Waals surface area contributed by atoms with Crippen LogP contribution in [-0.4, -0.2) is 29.8 Å². The smallest absolute Gasteiger partial charge is 0.280 e. The van der Waals surface area contributed by atoms with E-state index in [0.717, 1.165) is 0 Å². The summed E-state index contributed by atoms with van der Waals surface area (Å²) in [6.07, 6.45) is -0.126. The molecule has 0 aromatic carbocycles. The van der Waals surface area contributed by atoms with Crippen LogP contribution < -0.4 is 11.1 Å². The summed E-state index contributed by atoms with van der Waals surface area (Å²) >= 11 is 0. The number of hydrogen-bond donors (Lipinski definition) is 3. The lowest BCUT2D eigenvalue weighted by atomic mass is 10.1. The van der Waals surface area contributed by atoms with Crippen molar-refractivity contribution in [1.29, 1.82) is 0 Å². The van der Waals surface area contributed by atoms with E-state index in [-0.39, 0.29) is 24.3 Å². The molecule has 0 bridgehead atoms. The molecule has 0 rings (SSSR count). The fourth-order valence-corrected chi connectivity index (χ4v) is 1.32. The van der Waals surface area contributed by atoms with Crippen LogP contribution in [0, 0.1) is 0 Å². The Balaban J connectivity index is 4.03. The lowest BCUT2D eigenvalue weighted by Crippen LogP contribution is -2.41. The molecule has 0 aliphatic carbocycles. The van der Waals surface area contributed by atoms with E-state index in [1.165, 1.54) is 0 Å². The molecule has 1 unspecified atom stereocenters. The summed E-state index contributed by atoms with van der Waals surface area (Å²) in [7, 11) is -4.24. The summed E-state index contributed by atoms with van der Waals surface area (Å²) in [5, 5.41) is 1.26. The quantitative estimate of drug-likeness (QED) is 0.590. The highest BCUT2D eigenvalue weighted by Gasteiger charge is 2.20. The van der Waals surface area contributed by atoms with Crippen LogP contribution in [0.25, 0.3) is 0 Å². The Bertz CT molecular complexity index is 318. The zero-order valence-electron chi connectivity index (χ0n) is 9.15. The molecule has 7 heteroatoms. The third kappa shape index (κ3) is 7.29. The van der Waals surface area contributed by atoms with Gasteiger partial charge in [-0.05, 0) is 27.2 Å². The molecule has 0 saturated heterocycles. The third-order valence-electron chi connectivity index (χ3n) is 1.55. The first-order valence-corrected chi connectivity index (χ1v) is 6.05. The molecular weight excluding hydrogens is 220 g/mol. The summed E-state index contributed by atoms with van der Waals surface area (Å²) in [5.74, 6) is -0.290. The Morgan fingerprint density at radius 2 is 1.93 bits per heavy atom. The average molecular weight is 238 g/mol. The van der Waals surface area contributed by atoms with Crippen molar-refractivity contribution in [2.24, 2.45) is 5.73 Å². The molecule has 1 atom stereocenters. The molecule has 0 radical (unpaired) electrons. The standard InChI is InChI=1S/C8H18N2O4S/c1-8(2,3)10-7(11)5-4-6(9)15(12,13)14/h6H,4-5,9H2,1-3H3,(H,10,11)(H,12,13,14). The monoisotopic (exact) mass is 238 g/mol. The minimum Gasteiger partial charge on any atom is -0.352 e. The van der Waals surface area contributed by atoms with Crippen molar-refractivity contribution < 1.29 is 17.8 Å². The average Bonchev–Trinajstić information content (AvgIpc) is 1.94. The van der Waals surface area contributed by atoms with Gasteiger partial charge in [-0.15, -0.1) is 0 Å². The van der Waals surface area contributed by atoms with Crippen molar-refractivity contribution in [3.8, 4) is 0 Å². The summed E-state index contributed by atoms with van der Waals surface area (Å²) in [6, 6.07) is 0. The van der Waals surface area contributed by atoms with Crippen LogP contribution in [0.1, 0.15) is 33.6 Å². The van der Waals surface area contributed by atoms with Crippen molar-refractivity contribution in [3.63, 3.8) is 0 Å². The molecular formula is C8H18N2O4S. The van der Waals surface area contributed by atoms with E-state index >= 15 is 0 Å². The maximum Gasteiger partial charge on any atom is 0.280 e. The van der Waals surface area contributed by atoms with E-state index in [0.29, 0.717) is 0 Å². The van der Waals surface area contributed by atoms with Crippen LogP contribution in [0.15, 0.2) is 0 Å². The van der Waals surface area contributed by atoms with Crippen molar-refractivity contribution in [1.82, 2.24) is 5.32 Å². The Morgan fingerprint density at radius 3 is 2.27 bits per heavy atom. The van der Waals surface area contributed by atoms with Crippen LogP contribution in [-0.2, 0) is 14.9 Å². The van der Waals surface area contributed by atoms with Gasteiger partial charge in [0, 0.05) is 12.0 Å². The molecule has 0 aliphatic heterocycles. The minimum atomic E-state index is -4.24. The molecule has 0 heterocycles. The van der Waals surface area contributed by atoms with Gasteiger partial charge >= 0.3 is 0 Å². The van der Waals surface area contributed by atoms with E-state index in [2.05, 4.69) is 5.32 Å². The summed E-state index contributed by atoms with van der Waals surface area (Å²) in [6.45, 7) is 5.44. The third-order valence-corrected chi connectivity index (χ3v) is 2.55. The summed E-state index contributed by atoms with van der Waals surface area (Å²) in [4.78, 5) is 11.2. The van der Waals surface area contributed by atoms with Gasteiger partial charge in [0.15, 0.2) is 0 Å². The number of carbonyl (C=O) groups is 1. The topological polar surface area (TPSA) is 109 Å². The molecule has 0 aromatic rings. The molecule has 90 valence electrons. The zero-order valence-corrected chi connectivity index (χ0v) is 9.97. The fourth-order valence-electron chi connectivity index (χ4n) is 0.903. The fraction of sp³-hybridized carbons (Fsp3) is 0.875. The molecule has 0 spiro atoms. The predicted molar refractivity (Wildman–Crippen MR) is 56.7 cm³/mol. The van der Waals surface area contributed by atoms with Crippen LogP contribution in [0.5, 0.6) is 0 Å². The van der Waals surface area contributed by atoms with E-state index in [4.69, 9.17) is 10.3 Å². The van der Waals surface area contributed by atoms with E-state index in [1.54, 1.807) is 0 Å². The predicted octanol–water partition coefficient (Wildman–Crippen LogP) is -0.146. The zero-order chi connectivity index (χ0) is 12.3. The maximum atomic E-state index is 11.2. The Kier molecular flexibility index (Phi) is 4.69. The van der Waals surface area contributed by atoms with E-state index in [9.17, 15) is 13.2 Å². The largest absolute Gasteiger partial charge is 0.352 e.